The average Bonchev–Trinajstić information content (AvgIpc) is 3.98. The largest absolute Gasteiger partial charge is 0.455 e. The predicted molar refractivity (Wildman–Crippen MR) is 230 cm³/mol. The second-order valence-electron chi connectivity index (χ2n) is 14.5. The van der Waals surface area contributed by atoms with Crippen LogP contribution in [0.1, 0.15) is 11.1 Å². The second kappa shape index (κ2) is 11.2. The van der Waals surface area contributed by atoms with Gasteiger partial charge in [0.1, 0.15) is 11.2 Å². The van der Waals surface area contributed by atoms with E-state index in [0.717, 1.165) is 66.2 Å². The number of aryl methyl sites for hydroxylation is 1. The van der Waals surface area contributed by atoms with Crippen LogP contribution in [0, 0.1) is 18.3 Å². The minimum atomic E-state index is 0.624. The number of nitriles is 1. The average molecular weight is 720 g/mol. The quantitative estimate of drug-likeness (QED) is 0.182. The zero-order chi connectivity index (χ0) is 36.4. The summed E-state index contributed by atoms with van der Waals surface area (Å²) >= 11 is 1.87. The number of benzene rings is 8. The van der Waals surface area contributed by atoms with Gasteiger partial charge in [0, 0.05) is 58.5 Å². The summed E-state index contributed by atoms with van der Waals surface area (Å²) in [6.45, 7) is 2.22. The second-order valence-corrected chi connectivity index (χ2v) is 15.5. The summed E-state index contributed by atoms with van der Waals surface area (Å²) < 4.78 is 13.9. The molecule has 0 aliphatic heterocycles. The molecule has 0 radical (unpaired) electrons. The summed E-state index contributed by atoms with van der Waals surface area (Å²) in [4.78, 5) is 0. The van der Waals surface area contributed by atoms with Crippen LogP contribution in [0.3, 0.4) is 0 Å². The third kappa shape index (κ3) is 4.20. The van der Waals surface area contributed by atoms with Crippen molar-refractivity contribution in [2.45, 2.75) is 6.92 Å². The van der Waals surface area contributed by atoms with E-state index in [4.69, 9.17) is 4.42 Å². The molecule has 55 heavy (non-hydrogen) atoms. The zero-order valence-electron chi connectivity index (χ0n) is 29.7. The van der Waals surface area contributed by atoms with Crippen LogP contribution in [0.4, 0.5) is 0 Å². The van der Waals surface area contributed by atoms with Gasteiger partial charge in [-0.05, 0) is 102 Å². The first-order valence-electron chi connectivity index (χ1n) is 18.5. The van der Waals surface area contributed by atoms with Gasteiger partial charge in [0.15, 0.2) is 0 Å². The molecule has 0 atom stereocenters. The number of hydrogen-bond donors (Lipinski definition) is 0. The molecule has 8 aromatic carbocycles. The number of fused-ring (bicyclic) bond motifs is 14. The highest BCUT2D eigenvalue weighted by Gasteiger charge is 2.21. The minimum Gasteiger partial charge on any atom is -0.455 e. The molecule has 4 aromatic heterocycles. The van der Waals surface area contributed by atoms with Crippen LogP contribution in [-0.2, 0) is 0 Å². The molecule has 0 N–H and O–H groups in total. The fraction of sp³-hybridized carbons (Fsp3) is 0.0200. The topological polar surface area (TPSA) is 46.8 Å². The van der Waals surface area contributed by atoms with Gasteiger partial charge >= 0.3 is 0 Å². The lowest BCUT2D eigenvalue weighted by molar-refractivity contribution is 0.673. The van der Waals surface area contributed by atoms with Crippen LogP contribution >= 0.6 is 11.3 Å². The Bertz CT molecular complexity index is 3640. The van der Waals surface area contributed by atoms with Crippen LogP contribution in [0.5, 0.6) is 0 Å². The van der Waals surface area contributed by atoms with Crippen molar-refractivity contribution in [2.24, 2.45) is 0 Å². The number of furan rings is 1. The number of hydrogen-bond acceptors (Lipinski definition) is 3. The first kappa shape index (κ1) is 30.3. The summed E-state index contributed by atoms with van der Waals surface area (Å²) in [7, 11) is 0. The fourth-order valence-electron chi connectivity index (χ4n) is 9.09. The molecule has 5 heteroatoms. The van der Waals surface area contributed by atoms with E-state index in [1.165, 1.54) is 47.5 Å². The van der Waals surface area contributed by atoms with Crippen LogP contribution in [0.2, 0.25) is 0 Å². The smallest absolute Gasteiger partial charge is 0.145 e. The molecule has 0 amide bonds. The summed E-state index contributed by atoms with van der Waals surface area (Å²) in [5.41, 5.74) is 12.5. The Kier molecular flexibility index (Phi) is 6.17. The van der Waals surface area contributed by atoms with Gasteiger partial charge < -0.3 is 13.6 Å². The highest BCUT2D eigenvalue weighted by molar-refractivity contribution is 7.26. The first-order chi connectivity index (χ1) is 27.1. The highest BCUT2D eigenvalue weighted by Crippen LogP contribution is 2.45. The molecule has 0 aliphatic rings. The third-order valence-electron chi connectivity index (χ3n) is 11.4. The molecule has 12 rings (SSSR count). The van der Waals surface area contributed by atoms with Gasteiger partial charge in [-0.1, -0.05) is 78.9 Å². The van der Waals surface area contributed by atoms with E-state index in [9.17, 15) is 5.26 Å². The number of aromatic nitrogens is 2. The molecular formula is C50H29N3OS. The standard InChI is InChI=1S/C50H29N3OS/c1-29-9-6-16-38-46-41(23-24-45-48(46)37-15-3-5-18-44(37)55-45)53(49(29)38)34-13-8-11-32(27-34)31-10-7-12-33(26-31)52-40-21-19-30(28-51)25-39(40)47-42(52)22-20-36-35-14-2-4-17-43(35)54-50(36)47/h2-27H,1H3. The number of rotatable bonds is 3. The van der Waals surface area contributed by atoms with Gasteiger partial charge in [-0.2, -0.15) is 5.26 Å². The van der Waals surface area contributed by atoms with Crippen LogP contribution in [0.25, 0.3) is 108 Å². The molecule has 0 aliphatic carbocycles. The molecule has 0 fully saturated rings. The van der Waals surface area contributed by atoms with E-state index in [2.05, 4.69) is 150 Å². The van der Waals surface area contributed by atoms with Gasteiger partial charge in [-0.15, -0.1) is 11.3 Å². The molecule has 4 nitrogen and oxygen atoms in total. The number of para-hydroxylation sites is 2. The molecule has 4 heterocycles. The fourth-order valence-corrected chi connectivity index (χ4v) is 10.2. The van der Waals surface area contributed by atoms with Crippen molar-refractivity contribution in [3.63, 3.8) is 0 Å². The van der Waals surface area contributed by atoms with Crippen LogP contribution in [0.15, 0.2) is 162 Å². The van der Waals surface area contributed by atoms with Crippen molar-refractivity contribution >= 4 is 97.1 Å². The summed E-state index contributed by atoms with van der Waals surface area (Å²) in [5, 5.41) is 19.3. The predicted octanol–water partition coefficient (Wildman–Crippen LogP) is 14.0. The maximum absolute atomic E-state index is 9.90. The maximum Gasteiger partial charge on any atom is 0.145 e. The Hall–Kier alpha value is -7.13. The molecule has 12 aromatic rings. The van der Waals surface area contributed by atoms with Crippen molar-refractivity contribution in [1.29, 1.82) is 5.26 Å². The molecular weight excluding hydrogens is 691 g/mol. The van der Waals surface area contributed by atoms with Crippen LogP contribution < -0.4 is 0 Å². The van der Waals surface area contributed by atoms with Crippen molar-refractivity contribution in [3.8, 4) is 28.6 Å². The van der Waals surface area contributed by atoms with Crippen LogP contribution in [-0.4, -0.2) is 9.13 Å². The van der Waals surface area contributed by atoms with Gasteiger partial charge in [0.25, 0.3) is 0 Å². The van der Waals surface area contributed by atoms with Crippen molar-refractivity contribution < 1.29 is 4.42 Å². The Morgan fingerprint density at radius 3 is 2.04 bits per heavy atom. The summed E-state index contributed by atoms with van der Waals surface area (Å²) in [5.74, 6) is 0. The molecule has 0 saturated heterocycles. The highest BCUT2D eigenvalue weighted by atomic mass is 32.1. The molecule has 0 saturated carbocycles. The van der Waals surface area contributed by atoms with E-state index in [0.29, 0.717) is 5.56 Å². The lowest BCUT2D eigenvalue weighted by Crippen LogP contribution is -1.97. The van der Waals surface area contributed by atoms with E-state index >= 15 is 0 Å². The first-order valence-corrected chi connectivity index (χ1v) is 19.3. The van der Waals surface area contributed by atoms with Crippen molar-refractivity contribution in [3.05, 3.63) is 169 Å². The summed E-state index contributed by atoms with van der Waals surface area (Å²) in [6.07, 6.45) is 0. The van der Waals surface area contributed by atoms with Gasteiger partial charge in [0.2, 0.25) is 0 Å². The Morgan fingerprint density at radius 1 is 0.509 bits per heavy atom. The normalized spacial score (nSPS) is 12.1. The SMILES string of the molecule is Cc1cccc2c3c4c(ccc3n(-c3cccc(-c5cccc(-n6c7ccc(C#N)cc7c7c8oc9ccccc9c8ccc76)c5)c3)c12)sc1ccccc14. The summed E-state index contributed by atoms with van der Waals surface area (Å²) in [6, 6.07) is 58.6. The van der Waals surface area contributed by atoms with E-state index in [1.54, 1.807) is 0 Å². The molecule has 0 unspecified atom stereocenters. The number of nitrogens with zero attached hydrogens (tertiary/aromatic N) is 3. The Labute approximate surface area is 318 Å². The van der Waals surface area contributed by atoms with Gasteiger partial charge in [-0.25, -0.2) is 0 Å². The number of thiophene rings is 1. The van der Waals surface area contributed by atoms with E-state index < -0.39 is 0 Å². The molecule has 0 spiro atoms. The van der Waals surface area contributed by atoms with Gasteiger partial charge in [-0.3, -0.25) is 0 Å². The lowest BCUT2D eigenvalue weighted by atomic mass is 10.0. The van der Waals surface area contributed by atoms with Gasteiger partial charge in [0.05, 0.1) is 39.1 Å². The monoisotopic (exact) mass is 719 g/mol. The zero-order valence-corrected chi connectivity index (χ0v) is 30.5. The van der Waals surface area contributed by atoms with Crippen molar-refractivity contribution in [1.82, 2.24) is 9.13 Å². The maximum atomic E-state index is 9.90. The lowest BCUT2D eigenvalue weighted by Gasteiger charge is -2.13. The third-order valence-corrected chi connectivity index (χ3v) is 12.6. The van der Waals surface area contributed by atoms with E-state index in [1.807, 2.05) is 41.7 Å². The van der Waals surface area contributed by atoms with Crippen molar-refractivity contribution in [2.75, 3.05) is 0 Å². The van der Waals surface area contributed by atoms with E-state index in [-0.39, 0.29) is 0 Å². The minimum absolute atomic E-state index is 0.624. The Balaban J connectivity index is 1.07. The Morgan fingerprint density at radius 2 is 1.20 bits per heavy atom. The molecule has 0 bridgehead atoms. The molecule has 256 valence electrons.